The molecule has 0 aromatic heterocycles. The normalized spacial score (nSPS) is 12.3. The Bertz CT molecular complexity index is 993. The van der Waals surface area contributed by atoms with Crippen molar-refractivity contribution in [2.24, 2.45) is 11.8 Å². The minimum atomic E-state index is -0.0710. The Balaban J connectivity index is 0. The summed E-state index contributed by atoms with van der Waals surface area (Å²) in [5.41, 5.74) is 0. The molecule has 8 nitrogen and oxygen atoms in total. The van der Waals surface area contributed by atoms with Crippen LogP contribution in [0.5, 0.6) is 0 Å². The Hall–Kier alpha value is -1.67. The summed E-state index contributed by atoms with van der Waals surface area (Å²) in [7, 11) is 4.05. The van der Waals surface area contributed by atoms with E-state index in [0.717, 1.165) is 96.8 Å². The van der Waals surface area contributed by atoms with Crippen molar-refractivity contribution < 1.29 is 28.6 Å². The van der Waals surface area contributed by atoms with Gasteiger partial charge in [-0.15, -0.1) is 0 Å². The van der Waals surface area contributed by atoms with E-state index in [-0.39, 0.29) is 29.7 Å². The van der Waals surface area contributed by atoms with E-state index in [0.29, 0.717) is 26.2 Å². The van der Waals surface area contributed by atoms with Gasteiger partial charge in [0.1, 0.15) is 6.61 Å². The molecule has 388 valence electrons. The van der Waals surface area contributed by atoms with Crippen LogP contribution in [0, 0.1) is 11.8 Å². The number of hydrogen-bond acceptors (Lipinski definition) is 8. The maximum Gasteiger partial charge on any atom is 0.308 e. The van der Waals surface area contributed by atoms with Crippen molar-refractivity contribution in [2.75, 3.05) is 60.1 Å². The summed E-state index contributed by atoms with van der Waals surface area (Å²) in [4.78, 5) is 41.6. The summed E-state index contributed by atoms with van der Waals surface area (Å²) in [6.07, 6.45) is 43.4. The van der Waals surface area contributed by atoms with E-state index in [1.807, 2.05) is 14.1 Å². The molecule has 0 heterocycles. The Morgan fingerprint density at radius 2 is 0.677 bits per heavy atom. The molecule has 0 spiro atoms. The molecule has 65 heavy (non-hydrogen) atoms. The van der Waals surface area contributed by atoms with Crippen LogP contribution in [0.3, 0.4) is 0 Å². The third kappa shape index (κ3) is 48.6. The van der Waals surface area contributed by atoms with Crippen molar-refractivity contribution >= 4 is 17.9 Å². The Kier molecular flexibility index (Phi) is 53.6. The van der Waals surface area contributed by atoms with Crippen molar-refractivity contribution in [3.05, 3.63) is 0 Å². The minimum absolute atomic E-state index is 0.0615. The van der Waals surface area contributed by atoms with E-state index in [1.165, 1.54) is 161 Å². The fourth-order valence-corrected chi connectivity index (χ4v) is 8.43. The molecule has 0 amide bonds. The number of ether oxygens (including phenoxy) is 3. The molecule has 0 saturated carbocycles. The van der Waals surface area contributed by atoms with Gasteiger partial charge in [0.15, 0.2) is 0 Å². The molecule has 0 saturated heterocycles. The SMILES string of the molecule is CCCCCCCCC(CCCCCC)C(=O)OCCCCC.CCCCCCCCC(CCCCCC)C(=O)OCCCCCCCCN(CCCC)CCOC(=O)CCCN(C)C. The van der Waals surface area contributed by atoms with E-state index in [2.05, 4.69) is 51.3 Å². The lowest BCUT2D eigenvalue weighted by atomic mass is 9.94. The predicted octanol–water partition coefficient (Wildman–Crippen LogP) is 16.3. The first-order valence-electron chi connectivity index (χ1n) is 28.6. The van der Waals surface area contributed by atoms with Crippen LogP contribution in [-0.4, -0.2) is 87.8 Å². The van der Waals surface area contributed by atoms with Gasteiger partial charge in [0.2, 0.25) is 0 Å². The highest BCUT2D eigenvalue weighted by molar-refractivity contribution is 5.72. The summed E-state index contributed by atoms with van der Waals surface area (Å²) in [5, 5.41) is 0. The molecule has 0 N–H and O–H groups in total. The zero-order valence-corrected chi connectivity index (χ0v) is 45.1. The van der Waals surface area contributed by atoms with Gasteiger partial charge in [0, 0.05) is 13.0 Å². The Morgan fingerprint density at radius 3 is 1.11 bits per heavy atom. The van der Waals surface area contributed by atoms with Crippen molar-refractivity contribution in [1.29, 1.82) is 0 Å². The van der Waals surface area contributed by atoms with Crippen molar-refractivity contribution in [3.63, 3.8) is 0 Å². The van der Waals surface area contributed by atoms with E-state index in [9.17, 15) is 14.4 Å². The summed E-state index contributed by atoms with van der Waals surface area (Å²) in [6, 6.07) is 0. The maximum absolute atomic E-state index is 12.8. The molecular weight excluding hydrogens is 809 g/mol. The smallest absolute Gasteiger partial charge is 0.308 e. The van der Waals surface area contributed by atoms with Gasteiger partial charge in [-0.05, 0) is 91.5 Å². The van der Waals surface area contributed by atoms with Crippen LogP contribution in [0.4, 0.5) is 0 Å². The van der Waals surface area contributed by atoms with Gasteiger partial charge in [-0.3, -0.25) is 19.3 Å². The number of carbonyl (C=O) groups excluding carboxylic acids is 3. The molecule has 0 aromatic carbocycles. The molecule has 8 heteroatoms. The topological polar surface area (TPSA) is 85.4 Å². The van der Waals surface area contributed by atoms with Gasteiger partial charge >= 0.3 is 17.9 Å². The lowest BCUT2D eigenvalue weighted by Crippen LogP contribution is -2.30. The molecule has 2 unspecified atom stereocenters. The molecule has 0 aliphatic rings. The number of unbranched alkanes of at least 4 members (excludes halogenated alkanes) is 24. The zero-order chi connectivity index (χ0) is 48.3. The summed E-state index contributed by atoms with van der Waals surface area (Å²) < 4.78 is 16.8. The van der Waals surface area contributed by atoms with Gasteiger partial charge < -0.3 is 19.1 Å². The van der Waals surface area contributed by atoms with E-state index >= 15 is 0 Å². The standard InChI is InChI=1S/C36H72N2O4.C21H42O2/c1-6-9-12-14-17-21-26-34(25-20-13-10-7-2)36(40)42-32-23-19-16-15-18-22-30-38(29-11-8-3)31-33-41-35(39)27-24-28-37(4)5;1-4-7-10-12-13-15-18-20(17-14-11-8-5-2)21(22)23-19-16-9-6-3/h34H,6-33H2,1-5H3;20H,4-19H2,1-3H3. The molecule has 0 radical (unpaired) electrons. The number of esters is 3. The maximum atomic E-state index is 12.8. The second kappa shape index (κ2) is 53.3. The van der Waals surface area contributed by atoms with Gasteiger partial charge in [-0.1, -0.05) is 215 Å². The van der Waals surface area contributed by atoms with Crippen LogP contribution in [-0.2, 0) is 28.6 Å². The van der Waals surface area contributed by atoms with Crippen LogP contribution < -0.4 is 0 Å². The highest BCUT2D eigenvalue weighted by atomic mass is 16.5. The molecule has 2 atom stereocenters. The first kappa shape index (κ1) is 65.4. The number of hydrogen-bond donors (Lipinski definition) is 0. The van der Waals surface area contributed by atoms with E-state index in [1.54, 1.807) is 0 Å². The molecule has 0 aliphatic heterocycles. The van der Waals surface area contributed by atoms with Crippen molar-refractivity contribution in [2.45, 2.75) is 279 Å². The fourth-order valence-electron chi connectivity index (χ4n) is 8.43. The second-order valence-electron chi connectivity index (χ2n) is 19.7. The lowest BCUT2D eigenvalue weighted by molar-refractivity contribution is -0.150. The fraction of sp³-hybridized carbons (Fsp3) is 0.947. The van der Waals surface area contributed by atoms with Gasteiger partial charge in [0.05, 0.1) is 25.0 Å². The molecular formula is C57H114N2O6. The number of carbonyl (C=O) groups is 3. The first-order chi connectivity index (χ1) is 31.7. The first-order valence-corrected chi connectivity index (χ1v) is 28.6. The van der Waals surface area contributed by atoms with E-state index in [4.69, 9.17) is 14.2 Å². The Labute approximate surface area is 406 Å². The minimum Gasteiger partial charge on any atom is -0.465 e. The third-order valence-electron chi connectivity index (χ3n) is 12.9. The van der Waals surface area contributed by atoms with Gasteiger partial charge in [-0.2, -0.15) is 0 Å². The summed E-state index contributed by atoms with van der Waals surface area (Å²) in [6.45, 7) is 19.0. The molecule has 0 fully saturated rings. The zero-order valence-electron chi connectivity index (χ0n) is 45.1. The highest BCUT2D eigenvalue weighted by Crippen LogP contribution is 2.22. The molecule has 0 aliphatic carbocycles. The van der Waals surface area contributed by atoms with Crippen molar-refractivity contribution in [1.82, 2.24) is 9.80 Å². The monoisotopic (exact) mass is 923 g/mol. The summed E-state index contributed by atoms with van der Waals surface area (Å²) >= 11 is 0. The number of nitrogens with zero attached hydrogens (tertiary/aromatic N) is 2. The molecule has 0 bridgehead atoms. The van der Waals surface area contributed by atoms with E-state index < -0.39 is 0 Å². The van der Waals surface area contributed by atoms with Crippen LogP contribution in [0.1, 0.15) is 279 Å². The lowest BCUT2D eigenvalue weighted by Gasteiger charge is -2.22. The average molecular weight is 924 g/mol. The van der Waals surface area contributed by atoms with Crippen LogP contribution in [0.25, 0.3) is 0 Å². The summed E-state index contributed by atoms with van der Waals surface area (Å²) in [5.74, 6) is 0.325. The number of rotatable bonds is 49. The molecule has 0 aromatic rings. The predicted molar refractivity (Wildman–Crippen MR) is 280 cm³/mol. The van der Waals surface area contributed by atoms with Gasteiger partial charge in [0.25, 0.3) is 0 Å². The quantitative estimate of drug-likeness (QED) is 0.0339. The van der Waals surface area contributed by atoms with Gasteiger partial charge in [-0.25, -0.2) is 0 Å². The average Bonchev–Trinajstić information content (AvgIpc) is 3.29. The Morgan fingerprint density at radius 1 is 0.338 bits per heavy atom. The third-order valence-corrected chi connectivity index (χ3v) is 12.9. The second-order valence-corrected chi connectivity index (χ2v) is 19.7. The highest BCUT2D eigenvalue weighted by Gasteiger charge is 2.20. The molecule has 0 rings (SSSR count). The van der Waals surface area contributed by atoms with Crippen LogP contribution in [0.2, 0.25) is 0 Å². The largest absolute Gasteiger partial charge is 0.465 e. The van der Waals surface area contributed by atoms with Crippen LogP contribution >= 0.6 is 0 Å². The van der Waals surface area contributed by atoms with Crippen molar-refractivity contribution in [3.8, 4) is 0 Å². The van der Waals surface area contributed by atoms with Crippen LogP contribution in [0.15, 0.2) is 0 Å².